The van der Waals surface area contributed by atoms with Crippen molar-refractivity contribution in [2.24, 2.45) is 0 Å². The van der Waals surface area contributed by atoms with Gasteiger partial charge >= 0.3 is 0 Å². The van der Waals surface area contributed by atoms with E-state index in [0.29, 0.717) is 5.88 Å². The van der Waals surface area contributed by atoms with E-state index in [1.54, 1.807) is 11.3 Å². The van der Waals surface area contributed by atoms with Crippen LogP contribution in [0.5, 0.6) is 0 Å². The number of nitrogen functional groups attached to an aromatic ring is 1. The van der Waals surface area contributed by atoms with Gasteiger partial charge in [0.1, 0.15) is 5.69 Å². The van der Waals surface area contributed by atoms with E-state index in [9.17, 15) is 0 Å². The third-order valence-electron chi connectivity index (χ3n) is 2.70. The summed E-state index contributed by atoms with van der Waals surface area (Å²) >= 11 is 8.58. The molecule has 2 N–H and O–H groups in total. The van der Waals surface area contributed by atoms with E-state index in [0.717, 1.165) is 30.6 Å². The van der Waals surface area contributed by atoms with Crippen molar-refractivity contribution in [1.29, 1.82) is 0 Å². The number of hydrogen-bond donors (Lipinski definition) is 1. The Kier molecular flexibility index (Phi) is 3.47. The van der Waals surface area contributed by atoms with E-state index < -0.39 is 0 Å². The van der Waals surface area contributed by atoms with Crippen LogP contribution in [-0.4, -0.2) is 5.16 Å². The Bertz CT molecular complexity index is 736. The lowest BCUT2D eigenvalue weighted by atomic mass is 10.0. The van der Waals surface area contributed by atoms with E-state index in [1.165, 1.54) is 0 Å². The summed E-state index contributed by atoms with van der Waals surface area (Å²) in [5, 5.41) is 6.10. The molecular formula is C13H8Br2N2OS. The Labute approximate surface area is 130 Å². The molecule has 0 aliphatic carbocycles. The minimum atomic E-state index is 0.323. The van der Waals surface area contributed by atoms with Crippen LogP contribution in [0.15, 0.2) is 48.5 Å². The number of nitrogens with zero attached hydrogens (tertiary/aromatic N) is 1. The quantitative estimate of drug-likeness (QED) is 0.645. The largest absolute Gasteiger partial charge is 0.367 e. The van der Waals surface area contributed by atoms with Crippen molar-refractivity contribution in [3.63, 3.8) is 0 Å². The van der Waals surface area contributed by atoms with Crippen molar-refractivity contribution in [2.45, 2.75) is 0 Å². The SMILES string of the molecule is Nc1onc(-c2csc(Br)c2)c1-c1ccccc1Br. The summed E-state index contributed by atoms with van der Waals surface area (Å²) in [6, 6.07) is 9.87. The molecule has 1 aromatic carbocycles. The first kappa shape index (κ1) is 12.9. The molecule has 19 heavy (non-hydrogen) atoms. The summed E-state index contributed by atoms with van der Waals surface area (Å²) in [7, 11) is 0. The smallest absolute Gasteiger partial charge is 0.230 e. The average Bonchev–Trinajstić information content (AvgIpc) is 2.96. The second-order valence-electron chi connectivity index (χ2n) is 3.89. The number of aromatic nitrogens is 1. The van der Waals surface area contributed by atoms with Crippen LogP contribution < -0.4 is 5.73 Å². The molecule has 6 heteroatoms. The minimum absolute atomic E-state index is 0.323. The Morgan fingerprint density at radius 2 is 2.00 bits per heavy atom. The van der Waals surface area contributed by atoms with Gasteiger partial charge in [0.2, 0.25) is 5.88 Å². The van der Waals surface area contributed by atoms with E-state index in [2.05, 4.69) is 37.0 Å². The van der Waals surface area contributed by atoms with Gasteiger partial charge in [0.05, 0.1) is 9.35 Å². The number of nitrogens with two attached hydrogens (primary N) is 1. The van der Waals surface area contributed by atoms with Gasteiger partial charge < -0.3 is 10.3 Å². The summed E-state index contributed by atoms with van der Waals surface area (Å²) in [6.07, 6.45) is 0. The molecule has 2 heterocycles. The minimum Gasteiger partial charge on any atom is -0.367 e. The van der Waals surface area contributed by atoms with Crippen LogP contribution in [0.3, 0.4) is 0 Å². The van der Waals surface area contributed by atoms with E-state index in [-0.39, 0.29) is 0 Å². The van der Waals surface area contributed by atoms with Crippen LogP contribution in [0.1, 0.15) is 0 Å². The van der Waals surface area contributed by atoms with E-state index in [4.69, 9.17) is 10.3 Å². The standard InChI is InChI=1S/C13H8Br2N2OS/c14-9-4-2-1-3-8(9)11-12(17-18-13(11)16)7-5-10(15)19-6-7/h1-6H,16H2. The second-order valence-corrected chi connectivity index (χ2v) is 7.03. The highest BCUT2D eigenvalue weighted by molar-refractivity contribution is 9.11. The van der Waals surface area contributed by atoms with Crippen LogP contribution in [0.4, 0.5) is 5.88 Å². The van der Waals surface area contributed by atoms with Crippen LogP contribution in [-0.2, 0) is 0 Å². The highest BCUT2D eigenvalue weighted by Gasteiger charge is 2.19. The predicted octanol–water partition coefficient (Wildman–Crippen LogP) is 5.18. The predicted molar refractivity (Wildman–Crippen MR) is 85.1 cm³/mol. The molecule has 0 saturated heterocycles. The maximum absolute atomic E-state index is 5.93. The van der Waals surface area contributed by atoms with Crippen LogP contribution in [0.25, 0.3) is 22.4 Å². The second kappa shape index (κ2) is 5.11. The summed E-state index contributed by atoms with van der Waals surface area (Å²) in [5.74, 6) is 0.323. The number of rotatable bonds is 2. The molecule has 0 aliphatic rings. The summed E-state index contributed by atoms with van der Waals surface area (Å²) in [4.78, 5) is 0. The lowest BCUT2D eigenvalue weighted by molar-refractivity contribution is 0.439. The molecule has 0 bridgehead atoms. The molecule has 0 radical (unpaired) electrons. The number of hydrogen-bond acceptors (Lipinski definition) is 4. The summed E-state index contributed by atoms with van der Waals surface area (Å²) < 4.78 is 7.17. The number of thiophene rings is 1. The molecule has 96 valence electrons. The Balaban J connectivity index is 2.22. The first-order valence-electron chi connectivity index (χ1n) is 5.41. The van der Waals surface area contributed by atoms with Crippen molar-refractivity contribution in [1.82, 2.24) is 5.16 Å². The van der Waals surface area contributed by atoms with Crippen LogP contribution in [0, 0.1) is 0 Å². The molecule has 0 fully saturated rings. The van der Waals surface area contributed by atoms with Gasteiger partial charge in [-0.15, -0.1) is 11.3 Å². The van der Waals surface area contributed by atoms with Crippen LogP contribution in [0.2, 0.25) is 0 Å². The number of halogens is 2. The zero-order valence-electron chi connectivity index (χ0n) is 9.56. The van der Waals surface area contributed by atoms with Gasteiger partial charge in [0.25, 0.3) is 0 Å². The van der Waals surface area contributed by atoms with Crippen molar-refractivity contribution >= 4 is 49.1 Å². The fourth-order valence-corrected chi connectivity index (χ4v) is 3.48. The fourth-order valence-electron chi connectivity index (χ4n) is 1.86. The molecule has 3 nitrogen and oxygen atoms in total. The van der Waals surface area contributed by atoms with Gasteiger partial charge in [0, 0.05) is 21.0 Å². The van der Waals surface area contributed by atoms with Gasteiger partial charge in [-0.05, 0) is 28.1 Å². The van der Waals surface area contributed by atoms with Gasteiger partial charge in [-0.2, -0.15) is 0 Å². The van der Waals surface area contributed by atoms with Gasteiger partial charge in [-0.1, -0.05) is 39.3 Å². The summed E-state index contributed by atoms with van der Waals surface area (Å²) in [5.41, 5.74) is 9.46. The molecule has 0 unspecified atom stereocenters. The lowest BCUT2D eigenvalue weighted by Gasteiger charge is -2.03. The van der Waals surface area contributed by atoms with E-state index in [1.807, 2.05) is 35.7 Å². The molecular weight excluding hydrogens is 392 g/mol. The molecule has 0 saturated carbocycles. The number of benzene rings is 1. The molecule has 2 aromatic heterocycles. The molecule has 0 atom stereocenters. The zero-order valence-corrected chi connectivity index (χ0v) is 13.5. The van der Waals surface area contributed by atoms with Crippen LogP contribution >= 0.6 is 43.2 Å². The topological polar surface area (TPSA) is 52.0 Å². The lowest BCUT2D eigenvalue weighted by Crippen LogP contribution is -1.88. The maximum atomic E-state index is 5.93. The fraction of sp³-hybridized carbons (Fsp3) is 0. The highest BCUT2D eigenvalue weighted by Crippen LogP contribution is 2.41. The molecule has 0 spiro atoms. The van der Waals surface area contributed by atoms with Crippen molar-refractivity contribution in [3.05, 3.63) is 44.0 Å². The molecule has 3 rings (SSSR count). The molecule has 3 aromatic rings. The monoisotopic (exact) mass is 398 g/mol. The number of anilines is 1. The maximum Gasteiger partial charge on any atom is 0.230 e. The average molecular weight is 400 g/mol. The third-order valence-corrected chi connectivity index (χ3v) is 4.90. The normalized spacial score (nSPS) is 10.8. The zero-order chi connectivity index (χ0) is 13.4. The summed E-state index contributed by atoms with van der Waals surface area (Å²) in [6.45, 7) is 0. The molecule has 0 amide bonds. The van der Waals surface area contributed by atoms with Gasteiger partial charge in [0.15, 0.2) is 0 Å². The van der Waals surface area contributed by atoms with E-state index >= 15 is 0 Å². The van der Waals surface area contributed by atoms with Gasteiger partial charge in [-0.3, -0.25) is 0 Å². The Hall–Kier alpha value is -1.11. The first-order chi connectivity index (χ1) is 9.16. The Morgan fingerprint density at radius 1 is 1.21 bits per heavy atom. The highest BCUT2D eigenvalue weighted by atomic mass is 79.9. The third kappa shape index (κ3) is 2.35. The van der Waals surface area contributed by atoms with Crippen molar-refractivity contribution in [3.8, 4) is 22.4 Å². The van der Waals surface area contributed by atoms with Crippen molar-refractivity contribution < 1.29 is 4.52 Å². The molecule has 0 aliphatic heterocycles. The van der Waals surface area contributed by atoms with Crippen molar-refractivity contribution in [2.75, 3.05) is 5.73 Å². The van der Waals surface area contributed by atoms with Gasteiger partial charge in [-0.25, -0.2) is 0 Å². The first-order valence-corrected chi connectivity index (χ1v) is 7.88. The Morgan fingerprint density at radius 3 is 2.68 bits per heavy atom.